The molecule has 8 heteroatoms. The van der Waals surface area contributed by atoms with E-state index in [9.17, 15) is 14.4 Å². The van der Waals surface area contributed by atoms with E-state index >= 15 is 0 Å². The second-order valence-corrected chi connectivity index (χ2v) is 12.3. The minimum atomic E-state index is -0.740. The fourth-order valence-corrected chi connectivity index (χ4v) is 5.26. The van der Waals surface area contributed by atoms with Gasteiger partial charge in [-0.15, -0.1) is 0 Å². The van der Waals surface area contributed by atoms with Crippen molar-refractivity contribution in [1.29, 1.82) is 0 Å². The predicted octanol–water partition coefficient (Wildman–Crippen LogP) is 4.47. The molecule has 1 saturated heterocycles. The van der Waals surface area contributed by atoms with Crippen LogP contribution in [0, 0.1) is 0 Å². The summed E-state index contributed by atoms with van der Waals surface area (Å²) in [5, 5.41) is 3.30. The van der Waals surface area contributed by atoms with Crippen molar-refractivity contribution in [2.75, 3.05) is 32.6 Å². The number of aromatic nitrogens is 1. The normalized spacial score (nSPS) is 22.0. The molecule has 1 aliphatic carbocycles. The summed E-state index contributed by atoms with van der Waals surface area (Å²) in [6.07, 6.45) is 12.6. The van der Waals surface area contributed by atoms with Crippen molar-refractivity contribution in [2.24, 2.45) is 5.73 Å². The van der Waals surface area contributed by atoms with Gasteiger partial charge >= 0.3 is 0 Å². The Hall–Kier alpha value is -2.94. The lowest BCUT2D eigenvalue weighted by Crippen LogP contribution is -2.50. The molecule has 2 aromatic rings. The molecule has 2 heterocycles. The van der Waals surface area contributed by atoms with Gasteiger partial charge in [-0.05, 0) is 68.6 Å². The molecule has 0 spiro atoms. The summed E-state index contributed by atoms with van der Waals surface area (Å²) >= 11 is 0. The first kappa shape index (κ1) is 34.3. The number of anilines is 1. The number of nitrogens with zero attached hydrogens (tertiary/aromatic N) is 3. The van der Waals surface area contributed by atoms with Gasteiger partial charge in [0.2, 0.25) is 0 Å². The van der Waals surface area contributed by atoms with E-state index in [0.717, 1.165) is 29.9 Å². The van der Waals surface area contributed by atoms with Crippen molar-refractivity contribution >= 4 is 24.0 Å². The van der Waals surface area contributed by atoms with Crippen LogP contribution in [-0.2, 0) is 19.8 Å². The van der Waals surface area contributed by atoms with Gasteiger partial charge in [-0.3, -0.25) is 14.7 Å². The zero-order valence-corrected chi connectivity index (χ0v) is 26.1. The predicted molar refractivity (Wildman–Crippen MR) is 167 cm³/mol. The van der Waals surface area contributed by atoms with Crippen molar-refractivity contribution in [3.8, 4) is 0 Å². The molecule has 0 bridgehead atoms. The average Bonchev–Trinajstić information content (AvgIpc) is 3.22. The molecule has 226 valence electrons. The Morgan fingerprint density at radius 3 is 2.15 bits per heavy atom. The number of benzene rings is 1. The number of rotatable bonds is 7. The van der Waals surface area contributed by atoms with E-state index in [1.165, 1.54) is 37.7 Å². The Kier molecular flexibility index (Phi) is 13.3. The fourth-order valence-electron chi connectivity index (χ4n) is 5.26. The van der Waals surface area contributed by atoms with Gasteiger partial charge < -0.3 is 25.5 Å². The van der Waals surface area contributed by atoms with E-state index in [2.05, 4.69) is 62.4 Å². The number of ketones is 1. The molecule has 3 unspecified atom stereocenters. The zero-order valence-electron chi connectivity index (χ0n) is 26.1. The number of hydrogen-bond acceptors (Lipinski definition) is 8. The number of carbonyl (C=O) groups is 3. The highest BCUT2D eigenvalue weighted by atomic mass is 16.1. The first-order valence-corrected chi connectivity index (χ1v) is 14.7. The van der Waals surface area contributed by atoms with Crippen LogP contribution in [0.15, 0.2) is 48.8 Å². The average molecular weight is 566 g/mol. The molecule has 1 aromatic heterocycles. The lowest BCUT2D eigenvalue weighted by molar-refractivity contribution is -0.120. The second-order valence-electron chi connectivity index (χ2n) is 12.3. The maximum Gasteiger partial charge on any atom is 0.152 e. The highest BCUT2D eigenvalue weighted by Gasteiger charge is 2.46. The number of pyridine rings is 1. The summed E-state index contributed by atoms with van der Waals surface area (Å²) in [7, 11) is 5.75. The molecule has 0 radical (unpaired) electrons. The largest absolute Gasteiger partial charge is 0.361 e. The SMILES string of the molecule is CC1C(=O)CC(C=O)(CN)N1C.CN(c1ccc(C(C)(C)C)cc1)C(C=O)c1cccnc1.CNC1CCCCC1. The van der Waals surface area contributed by atoms with Crippen molar-refractivity contribution < 1.29 is 14.4 Å². The molecule has 0 amide bonds. The highest BCUT2D eigenvalue weighted by Crippen LogP contribution is 2.28. The van der Waals surface area contributed by atoms with E-state index in [0.29, 0.717) is 0 Å². The number of likely N-dealkylation sites (tertiary alicyclic amines) is 1. The number of aldehydes is 2. The van der Waals surface area contributed by atoms with E-state index in [4.69, 9.17) is 5.73 Å². The van der Waals surface area contributed by atoms with Crippen LogP contribution in [0.25, 0.3) is 0 Å². The first-order valence-electron chi connectivity index (χ1n) is 14.7. The molecule has 1 saturated carbocycles. The molecule has 2 aliphatic rings. The number of hydrogen-bond donors (Lipinski definition) is 2. The van der Waals surface area contributed by atoms with Crippen LogP contribution in [0.3, 0.4) is 0 Å². The van der Waals surface area contributed by atoms with E-state index < -0.39 is 5.54 Å². The minimum absolute atomic E-state index is 0.0926. The van der Waals surface area contributed by atoms with Crippen molar-refractivity contribution in [1.82, 2.24) is 15.2 Å². The Labute approximate surface area is 247 Å². The number of nitrogens with two attached hydrogens (primary N) is 1. The third-order valence-electron chi connectivity index (χ3n) is 8.53. The van der Waals surface area contributed by atoms with Gasteiger partial charge in [0, 0.05) is 44.1 Å². The molecule has 2 fully saturated rings. The van der Waals surface area contributed by atoms with Crippen LogP contribution in [0.4, 0.5) is 5.69 Å². The highest BCUT2D eigenvalue weighted by molar-refractivity contribution is 5.92. The molecule has 4 rings (SSSR count). The van der Waals surface area contributed by atoms with Gasteiger partial charge in [0.05, 0.1) is 11.6 Å². The zero-order chi connectivity index (χ0) is 30.6. The van der Waals surface area contributed by atoms with Gasteiger partial charge in [0.25, 0.3) is 0 Å². The van der Waals surface area contributed by atoms with Crippen LogP contribution in [0.5, 0.6) is 0 Å². The summed E-state index contributed by atoms with van der Waals surface area (Å²) < 4.78 is 0. The van der Waals surface area contributed by atoms with Gasteiger partial charge in [0.1, 0.15) is 18.6 Å². The number of carbonyl (C=O) groups excluding carboxylic acids is 3. The van der Waals surface area contributed by atoms with Gasteiger partial charge in [0.15, 0.2) is 5.78 Å². The molecule has 3 N–H and O–H groups in total. The Morgan fingerprint density at radius 2 is 1.78 bits per heavy atom. The maximum absolute atomic E-state index is 11.5. The van der Waals surface area contributed by atoms with E-state index in [1.54, 1.807) is 31.3 Å². The van der Waals surface area contributed by atoms with Crippen molar-refractivity contribution in [2.45, 2.75) is 95.3 Å². The smallest absolute Gasteiger partial charge is 0.152 e. The number of nitrogens with one attached hydrogen (secondary N) is 1. The summed E-state index contributed by atoms with van der Waals surface area (Å²) in [5.41, 5.74) is 8.06. The molecule has 1 aliphatic heterocycles. The lowest BCUT2D eigenvalue weighted by Gasteiger charge is -2.29. The van der Waals surface area contributed by atoms with Crippen LogP contribution < -0.4 is 16.0 Å². The van der Waals surface area contributed by atoms with Gasteiger partial charge in [-0.25, -0.2) is 0 Å². The summed E-state index contributed by atoms with van der Waals surface area (Å²) in [4.78, 5) is 41.3. The molecular formula is C33H51N5O3. The number of likely N-dealkylation sites (N-methyl/N-ethyl adjacent to an activating group) is 2. The minimum Gasteiger partial charge on any atom is -0.361 e. The Balaban J connectivity index is 0.000000246. The Bertz CT molecular complexity index is 1080. The third-order valence-corrected chi connectivity index (χ3v) is 8.53. The molecule has 3 atom stereocenters. The first-order chi connectivity index (χ1) is 19.4. The second kappa shape index (κ2) is 15.9. The lowest BCUT2D eigenvalue weighted by atomic mass is 9.87. The van der Waals surface area contributed by atoms with Crippen molar-refractivity contribution in [3.05, 3.63) is 59.9 Å². The topological polar surface area (TPSA) is 109 Å². The summed E-state index contributed by atoms with van der Waals surface area (Å²) in [5.74, 6) is 0.0926. The van der Waals surface area contributed by atoms with Crippen LogP contribution >= 0.6 is 0 Å². The molecule has 41 heavy (non-hydrogen) atoms. The van der Waals surface area contributed by atoms with Crippen LogP contribution in [-0.4, -0.2) is 73.5 Å². The summed E-state index contributed by atoms with van der Waals surface area (Å²) in [6.45, 7) is 8.58. The van der Waals surface area contributed by atoms with E-state index in [1.807, 2.05) is 24.1 Å². The Morgan fingerprint density at radius 1 is 1.15 bits per heavy atom. The molecule has 1 aromatic carbocycles. The van der Waals surface area contributed by atoms with Crippen LogP contribution in [0.1, 0.15) is 83.4 Å². The van der Waals surface area contributed by atoms with Crippen molar-refractivity contribution in [3.63, 3.8) is 0 Å². The molecule has 8 nitrogen and oxygen atoms in total. The summed E-state index contributed by atoms with van der Waals surface area (Å²) in [6, 6.07) is 12.5. The number of Topliss-reactive ketones (excluding diaryl/α,β-unsaturated/α-hetero) is 1. The molecular weight excluding hydrogens is 514 g/mol. The van der Waals surface area contributed by atoms with Gasteiger partial charge in [-0.2, -0.15) is 0 Å². The third kappa shape index (κ3) is 9.28. The monoisotopic (exact) mass is 565 g/mol. The standard InChI is InChI=1S/C18H22N2O.C8H14N2O2.C7H15N/c1-18(2,3)15-7-9-16(10-8-15)20(4)17(13-21)14-6-5-11-19-12-14;1-6-7(12)3-8(4-9,5-11)10(6)2;1-8-7-5-3-2-4-6-7/h5-13,17H,1-4H3;5-6H,3-4,9H2,1-2H3;7-8H,2-6H2,1H3. The quantitative estimate of drug-likeness (QED) is 0.474. The van der Waals surface area contributed by atoms with E-state index in [-0.39, 0.29) is 36.2 Å². The maximum atomic E-state index is 11.5. The van der Waals surface area contributed by atoms with Crippen LogP contribution in [0.2, 0.25) is 0 Å². The fraction of sp³-hybridized carbons (Fsp3) is 0.576. The van der Waals surface area contributed by atoms with Gasteiger partial charge in [-0.1, -0.05) is 58.2 Å².